The zero-order valence-corrected chi connectivity index (χ0v) is 8.92. The minimum atomic E-state index is 0.655. The second kappa shape index (κ2) is 3.12. The van der Waals surface area contributed by atoms with Crippen LogP contribution >= 0.6 is 0 Å². The summed E-state index contributed by atoms with van der Waals surface area (Å²) in [4.78, 5) is 0. The lowest BCUT2D eigenvalue weighted by Gasteiger charge is -2.21. The highest BCUT2D eigenvalue weighted by Crippen LogP contribution is 2.21. The topological polar surface area (TPSA) is 26.1 Å². The number of hydroxylamine groups is 1. The summed E-state index contributed by atoms with van der Waals surface area (Å²) in [7, 11) is 0. The first-order valence-corrected chi connectivity index (χ1v) is 4.98. The predicted octanol–water partition coefficient (Wildman–Crippen LogP) is 2.31. The van der Waals surface area contributed by atoms with Gasteiger partial charge in [0.15, 0.2) is 6.54 Å². The number of nitrogens with zero attached hydrogens (tertiary/aromatic N) is 1. The Morgan fingerprint density at radius 2 is 1.71 bits per heavy atom. The molecule has 2 heteroatoms. The second-order valence-corrected chi connectivity index (χ2v) is 4.07. The number of rotatable bonds is 1. The van der Waals surface area contributed by atoms with Crippen molar-refractivity contribution in [1.29, 1.82) is 0 Å². The van der Waals surface area contributed by atoms with E-state index in [4.69, 9.17) is 0 Å². The van der Waals surface area contributed by atoms with Crippen molar-refractivity contribution in [3.63, 3.8) is 0 Å². The molecule has 74 valence electrons. The first-order valence-electron chi connectivity index (χ1n) is 4.98. The van der Waals surface area contributed by atoms with Crippen LogP contribution in [0.5, 0.6) is 0 Å². The van der Waals surface area contributed by atoms with Gasteiger partial charge in [-0.15, -0.1) is 0 Å². The SMILES string of the molecule is Cc1cc(C)c(C2=[N+]([O-])CC2)c(C)c1. The van der Waals surface area contributed by atoms with Crippen molar-refractivity contribution in [2.75, 3.05) is 6.54 Å². The zero-order valence-electron chi connectivity index (χ0n) is 8.92. The largest absolute Gasteiger partial charge is 0.624 e. The number of aryl methyl sites for hydroxylation is 3. The Morgan fingerprint density at radius 1 is 1.14 bits per heavy atom. The Kier molecular flexibility index (Phi) is 2.06. The molecular weight excluding hydrogens is 174 g/mol. The Labute approximate surface area is 84.5 Å². The van der Waals surface area contributed by atoms with Gasteiger partial charge in [0.05, 0.1) is 6.42 Å². The van der Waals surface area contributed by atoms with Crippen LogP contribution in [-0.2, 0) is 0 Å². The Balaban J connectivity index is 2.59. The molecule has 1 aliphatic heterocycles. The van der Waals surface area contributed by atoms with Crippen molar-refractivity contribution >= 4 is 5.71 Å². The van der Waals surface area contributed by atoms with Crippen LogP contribution in [0.1, 0.15) is 28.7 Å². The van der Waals surface area contributed by atoms with Gasteiger partial charge in [0, 0.05) is 5.56 Å². The lowest BCUT2D eigenvalue weighted by molar-refractivity contribution is -0.483. The van der Waals surface area contributed by atoms with E-state index in [1.54, 1.807) is 0 Å². The van der Waals surface area contributed by atoms with Gasteiger partial charge >= 0.3 is 0 Å². The van der Waals surface area contributed by atoms with Gasteiger partial charge < -0.3 is 5.21 Å². The van der Waals surface area contributed by atoms with Crippen molar-refractivity contribution in [2.45, 2.75) is 27.2 Å². The first kappa shape index (κ1) is 9.25. The van der Waals surface area contributed by atoms with Crippen LogP contribution in [0.25, 0.3) is 0 Å². The first-order chi connectivity index (χ1) is 6.59. The van der Waals surface area contributed by atoms with Gasteiger partial charge in [-0.1, -0.05) is 17.7 Å². The number of hydrogen-bond donors (Lipinski definition) is 0. The third-order valence-electron chi connectivity index (χ3n) is 2.82. The van der Waals surface area contributed by atoms with Crippen LogP contribution in [0.2, 0.25) is 0 Å². The zero-order chi connectivity index (χ0) is 10.3. The summed E-state index contributed by atoms with van der Waals surface area (Å²) in [6, 6.07) is 4.28. The molecule has 0 spiro atoms. The van der Waals surface area contributed by atoms with Gasteiger partial charge in [0.1, 0.15) is 0 Å². The molecule has 2 rings (SSSR count). The van der Waals surface area contributed by atoms with E-state index in [0.29, 0.717) is 6.54 Å². The quantitative estimate of drug-likeness (QED) is 0.492. The van der Waals surface area contributed by atoms with E-state index in [0.717, 1.165) is 22.4 Å². The van der Waals surface area contributed by atoms with E-state index >= 15 is 0 Å². The van der Waals surface area contributed by atoms with Gasteiger partial charge in [-0.05, 0) is 31.9 Å². The lowest BCUT2D eigenvalue weighted by Crippen LogP contribution is -2.31. The molecule has 1 heterocycles. The normalized spacial score (nSPS) is 15.6. The molecule has 0 unspecified atom stereocenters. The van der Waals surface area contributed by atoms with Crippen molar-refractivity contribution in [2.24, 2.45) is 0 Å². The van der Waals surface area contributed by atoms with E-state index in [1.165, 1.54) is 16.7 Å². The van der Waals surface area contributed by atoms with Crippen molar-refractivity contribution in [3.05, 3.63) is 39.6 Å². The molecule has 0 saturated carbocycles. The minimum absolute atomic E-state index is 0.655. The summed E-state index contributed by atoms with van der Waals surface area (Å²) in [5, 5.41) is 11.3. The van der Waals surface area contributed by atoms with Crippen molar-refractivity contribution in [1.82, 2.24) is 0 Å². The molecule has 0 amide bonds. The molecule has 1 aliphatic rings. The van der Waals surface area contributed by atoms with Gasteiger partial charge in [0.2, 0.25) is 5.71 Å². The van der Waals surface area contributed by atoms with Crippen LogP contribution in [0.15, 0.2) is 12.1 Å². The summed E-state index contributed by atoms with van der Waals surface area (Å²) in [6.07, 6.45) is 0.925. The molecule has 1 aromatic carbocycles. The highest BCUT2D eigenvalue weighted by atomic mass is 16.5. The lowest BCUT2D eigenvalue weighted by atomic mass is 9.92. The van der Waals surface area contributed by atoms with Crippen molar-refractivity contribution < 1.29 is 4.74 Å². The maximum Gasteiger partial charge on any atom is 0.201 e. The van der Waals surface area contributed by atoms with Gasteiger partial charge in [-0.2, -0.15) is 0 Å². The monoisotopic (exact) mass is 189 g/mol. The second-order valence-electron chi connectivity index (χ2n) is 4.07. The van der Waals surface area contributed by atoms with Crippen LogP contribution in [0, 0.1) is 26.0 Å². The molecule has 0 aromatic heterocycles. The van der Waals surface area contributed by atoms with E-state index in [2.05, 4.69) is 32.9 Å². The standard InChI is InChI=1S/C12H15NO/c1-8-6-9(2)12(10(3)7-8)11-4-5-13(11)14/h6-7H,4-5H2,1-3H3. The Bertz CT molecular complexity index is 395. The van der Waals surface area contributed by atoms with E-state index < -0.39 is 0 Å². The van der Waals surface area contributed by atoms with Gasteiger partial charge in [-0.3, -0.25) is 0 Å². The average molecular weight is 189 g/mol. The van der Waals surface area contributed by atoms with Crippen LogP contribution in [-0.4, -0.2) is 17.0 Å². The fourth-order valence-electron chi connectivity index (χ4n) is 2.20. The minimum Gasteiger partial charge on any atom is -0.624 e. The molecule has 0 N–H and O–H groups in total. The van der Waals surface area contributed by atoms with Crippen molar-refractivity contribution in [3.8, 4) is 0 Å². The molecule has 0 aliphatic carbocycles. The molecule has 1 aromatic rings. The van der Waals surface area contributed by atoms with Gasteiger partial charge in [0.25, 0.3) is 0 Å². The molecule has 0 saturated heterocycles. The average Bonchev–Trinajstić information content (AvgIpc) is 2.08. The summed E-state index contributed by atoms with van der Waals surface area (Å²) in [5.74, 6) is 0. The van der Waals surface area contributed by atoms with Crippen LogP contribution < -0.4 is 0 Å². The summed E-state index contributed by atoms with van der Waals surface area (Å²) < 4.78 is 1.10. The number of hydrogen-bond acceptors (Lipinski definition) is 1. The third-order valence-corrected chi connectivity index (χ3v) is 2.82. The van der Waals surface area contributed by atoms with Gasteiger partial charge in [-0.25, -0.2) is 4.74 Å². The summed E-state index contributed by atoms with van der Waals surface area (Å²) in [6.45, 7) is 6.90. The predicted molar refractivity (Wildman–Crippen MR) is 57.9 cm³/mol. The molecule has 0 radical (unpaired) electrons. The highest BCUT2D eigenvalue weighted by molar-refractivity contribution is 6.01. The molecule has 0 bridgehead atoms. The molecule has 0 atom stereocenters. The fourth-order valence-corrected chi connectivity index (χ4v) is 2.20. The molecule has 0 fully saturated rings. The Morgan fingerprint density at radius 3 is 2.07 bits per heavy atom. The summed E-state index contributed by atoms with van der Waals surface area (Å²) >= 11 is 0. The highest BCUT2D eigenvalue weighted by Gasteiger charge is 2.26. The van der Waals surface area contributed by atoms with Crippen LogP contribution in [0.3, 0.4) is 0 Å². The number of benzene rings is 1. The molecule has 2 nitrogen and oxygen atoms in total. The smallest absolute Gasteiger partial charge is 0.201 e. The molecular formula is C12H15NO. The van der Waals surface area contributed by atoms with E-state index in [9.17, 15) is 5.21 Å². The third kappa shape index (κ3) is 1.31. The van der Waals surface area contributed by atoms with E-state index in [1.807, 2.05) is 0 Å². The van der Waals surface area contributed by atoms with Crippen LogP contribution in [0.4, 0.5) is 0 Å². The molecule has 14 heavy (non-hydrogen) atoms. The summed E-state index contributed by atoms with van der Waals surface area (Å²) in [5.41, 5.74) is 5.83. The maximum absolute atomic E-state index is 11.3. The Hall–Kier alpha value is -1.31. The maximum atomic E-state index is 11.3. The fraction of sp³-hybridized carbons (Fsp3) is 0.417. The van der Waals surface area contributed by atoms with E-state index in [-0.39, 0.29) is 0 Å².